The van der Waals surface area contributed by atoms with Gasteiger partial charge < -0.3 is 10.4 Å². The van der Waals surface area contributed by atoms with Gasteiger partial charge in [0, 0.05) is 22.2 Å². The lowest BCUT2D eigenvalue weighted by Crippen LogP contribution is -2.20. The zero-order valence-electron chi connectivity index (χ0n) is 14.5. The molecule has 0 saturated carbocycles. The Labute approximate surface area is 146 Å². The lowest BCUT2D eigenvalue weighted by atomic mass is 9.86. The van der Waals surface area contributed by atoms with Crippen LogP contribution in [0.4, 0.5) is 5.69 Å². The Hall–Kier alpha value is -2.95. The highest BCUT2D eigenvalue weighted by Gasteiger charge is 2.22. The fraction of sp³-hybridized carbons (Fsp3) is 0.250. The third-order valence-corrected chi connectivity index (χ3v) is 3.66. The normalized spacial score (nSPS) is 11.0. The van der Waals surface area contributed by atoms with Crippen molar-refractivity contribution in [3.8, 4) is 0 Å². The molecule has 2 rings (SSSR count). The number of hydrogen-bond acceptors (Lipinski definition) is 3. The number of rotatable bonds is 5. The van der Waals surface area contributed by atoms with E-state index < -0.39 is 11.4 Å². The smallest absolute Gasteiger partial charge is 0.307 e. The predicted octanol–water partition coefficient (Wildman–Crippen LogP) is 3.79. The number of amides is 1. The van der Waals surface area contributed by atoms with Gasteiger partial charge in [-0.2, -0.15) is 0 Å². The van der Waals surface area contributed by atoms with E-state index >= 15 is 0 Å². The molecule has 0 aliphatic carbocycles. The minimum Gasteiger partial charge on any atom is -0.481 e. The van der Waals surface area contributed by atoms with E-state index in [4.69, 9.17) is 5.11 Å². The SMILES string of the molecule is CC(C)(C)C(=O)c1ccc(C(=O)Nc2ccc(CC(=O)O)cc2)cc1. The van der Waals surface area contributed by atoms with E-state index in [0.717, 1.165) is 0 Å². The molecule has 5 heteroatoms. The topological polar surface area (TPSA) is 83.5 Å². The second-order valence-corrected chi connectivity index (χ2v) is 6.88. The Balaban J connectivity index is 2.06. The summed E-state index contributed by atoms with van der Waals surface area (Å²) in [6, 6.07) is 13.2. The lowest BCUT2D eigenvalue weighted by molar-refractivity contribution is -0.136. The summed E-state index contributed by atoms with van der Waals surface area (Å²) in [6.07, 6.45) is -0.0580. The van der Waals surface area contributed by atoms with Crippen molar-refractivity contribution in [1.82, 2.24) is 0 Å². The van der Waals surface area contributed by atoms with E-state index in [0.29, 0.717) is 22.4 Å². The minimum atomic E-state index is -0.901. The van der Waals surface area contributed by atoms with Crippen molar-refractivity contribution in [2.75, 3.05) is 5.32 Å². The van der Waals surface area contributed by atoms with E-state index in [9.17, 15) is 14.4 Å². The van der Waals surface area contributed by atoms with E-state index in [2.05, 4.69) is 5.32 Å². The molecule has 130 valence electrons. The molecule has 0 aliphatic rings. The third kappa shape index (κ3) is 5.01. The van der Waals surface area contributed by atoms with Crippen LogP contribution >= 0.6 is 0 Å². The third-order valence-electron chi connectivity index (χ3n) is 3.66. The number of anilines is 1. The summed E-state index contributed by atoms with van der Waals surface area (Å²) in [5, 5.41) is 11.5. The number of Topliss-reactive ketones (excluding diaryl/α,β-unsaturated/α-hetero) is 1. The van der Waals surface area contributed by atoms with Gasteiger partial charge in [0.2, 0.25) is 0 Å². The van der Waals surface area contributed by atoms with Crippen molar-refractivity contribution in [2.24, 2.45) is 5.41 Å². The number of carboxylic acids is 1. The molecule has 0 aliphatic heterocycles. The van der Waals surface area contributed by atoms with E-state index in [-0.39, 0.29) is 18.1 Å². The Morgan fingerprint density at radius 1 is 0.880 bits per heavy atom. The summed E-state index contributed by atoms with van der Waals surface area (Å²) in [7, 11) is 0. The van der Waals surface area contributed by atoms with Gasteiger partial charge in [0.15, 0.2) is 5.78 Å². The molecule has 25 heavy (non-hydrogen) atoms. The molecule has 1 amide bonds. The van der Waals surface area contributed by atoms with Gasteiger partial charge in [-0.1, -0.05) is 45.0 Å². The zero-order chi connectivity index (χ0) is 18.6. The van der Waals surface area contributed by atoms with E-state index in [1.165, 1.54) is 0 Å². The summed E-state index contributed by atoms with van der Waals surface area (Å²) in [6.45, 7) is 5.55. The van der Waals surface area contributed by atoms with Crippen LogP contribution < -0.4 is 5.32 Å². The van der Waals surface area contributed by atoms with Gasteiger partial charge in [0.1, 0.15) is 0 Å². The first-order chi connectivity index (χ1) is 11.7. The molecule has 2 aromatic carbocycles. The highest BCUT2D eigenvalue weighted by molar-refractivity contribution is 6.05. The molecule has 0 aromatic heterocycles. The summed E-state index contributed by atoms with van der Waals surface area (Å²) in [4.78, 5) is 35.1. The summed E-state index contributed by atoms with van der Waals surface area (Å²) < 4.78 is 0. The predicted molar refractivity (Wildman–Crippen MR) is 96.0 cm³/mol. The monoisotopic (exact) mass is 339 g/mol. The molecule has 2 N–H and O–H groups in total. The van der Waals surface area contributed by atoms with Crippen LogP contribution in [0.15, 0.2) is 48.5 Å². The van der Waals surface area contributed by atoms with E-state index in [1.54, 1.807) is 48.5 Å². The number of carbonyl (C=O) groups excluding carboxylic acids is 2. The van der Waals surface area contributed by atoms with Crippen molar-refractivity contribution in [3.05, 3.63) is 65.2 Å². The average Bonchev–Trinajstić information content (AvgIpc) is 2.55. The fourth-order valence-electron chi connectivity index (χ4n) is 2.29. The minimum absolute atomic E-state index is 0.0217. The van der Waals surface area contributed by atoms with Gasteiger partial charge in [-0.25, -0.2) is 0 Å². The molecule has 0 saturated heterocycles. The Kier molecular flexibility index (Phi) is 5.37. The van der Waals surface area contributed by atoms with Gasteiger partial charge >= 0.3 is 5.97 Å². The van der Waals surface area contributed by atoms with E-state index in [1.807, 2.05) is 20.8 Å². The quantitative estimate of drug-likeness (QED) is 0.812. The van der Waals surface area contributed by atoms with Gasteiger partial charge in [0.25, 0.3) is 5.91 Å². The van der Waals surface area contributed by atoms with Crippen molar-refractivity contribution in [1.29, 1.82) is 0 Å². The molecule has 0 unspecified atom stereocenters. The Bertz CT molecular complexity index is 784. The first-order valence-electron chi connectivity index (χ1n) is 7.94. The van der Waals surface area contributed by atoms with Gasteiger partial charge in [-0.3, -0.25) is 14.4 Å². The summed E-state index contributed by atoms with van der Waals surface area (Å²) in [5.74, 6) is -1.17. The van der Waals surface area contributed by atoms with Crippen LogP contribution in [-0.2, 0) is 11.2 Å². The highest BCUT2D eigenvalue weighted by atomic mass is 16.4. The standard InChI is InChI=1S/C20H21NO4/c1-20(2,3)18(24)14-6-8-15(9-7-14)19(25)21-16-10-4-13(5-11-16)12-17(22)23/h4-11H,12H2,1-3H3,(H,21,25)(H,22,23). The molecule has 0 radical (unpaired) electrons. The molecular weight excluding hydrogens is 318 g/mol. The number of carboxylic acid groups (broad SMARTS) is 1. The molecule has 0 fully saturated rings. The van der Waals surface area contributed by atoms with Crippen LogP contribution in [0.5, 0.6) is 0 Å². The van der Waals surface area contributed by atoms with Crippen molar-refractivity contribution in [2.45, 2.75) is 27.2 Å². The van der Waals surface area contributed by atoms with Crippen LogP contribution in [0.1, 0.15) is 47.1 Å². The van der Waals surface area contributed by atoms with Crippen molar-refractivity contribution in [3.63, 3.8) is 0 Å². The second-order valence-electron chi connectivity index (χ2n) is 6.88. The van der Waals surface area contributed by atoms with Crippen LogP contribution in [0, 0.1) is 5.41 Å². The zero-order valence-corrected chi connectivity index (χ0v) is 14.5. The maximum atomic E-state index is 12.3. The number of aliphatic carboxylic acids is 1. The first kappa shape index (κ1) is 18.4. The number of hydrogen-bond donors (Lipinski definition) is 2. The van der Waals surface area contributed by atoms with Crippen molar-refractivity contribution < 1.29 is 19.5 Å². The Morgan fingerprint density at radius 2 is 1.40 bits per heavy atom. The molecule has 2 aromatic rings. The molecule has 0 bridgehead atoms. The largest absolute Gasteiger partial charge is 0.481 e. The van der Waals surface area contributed by atoms with Crippen LogP contribution in [0.3, 0.4) is 0 Å². The van der Waals surface area contributed by atoms with Gasteiger partial charge in [0.05, 0.1) is 6.42 Å². The Morgan fingerprint density at radius 3 is 1.88 bits per heavy atom. The number of nitrogens with one attached hydrogen (secondary N) is 1. The number of carbonyl (C=O) groups is 3. The van der Waals surface area contributed by atoms with Crippen LogP contribution in [0.2, 0.25) is 0 Å². The fourth-order valence-corrected chi connectivity index (χ4v) is 2.29. The summed E-state index contributed by atoms with van der Waals surface area (Å²) in [5.41, 5.74) is 1.79. The molecule has 0 atom stereocenters. The molecule has 0 heterocycles. The first-order valence-corrected chi connectivity index (χ1v) is 7.94. The van der Waals surface area contributed by atoms with Crippen LogP contribution in [-0.4, -0.2) is 22.8 Å². The number of benzene rings is 2. The van der Waals surface area contributed by atoms with Gasteiger partial charge in [-0.15, -0.1) is 0 Å². The molecular formula is C20H21NO4. The summed E-state index contributed by atoms with van der Waals surface area (Å²) >= 11 is 0. The lowest BCUT2D eigenvalue weighted by Gasteiger charge is -2.16. The van der Waals surface area contributed by atoms with Crippen LogP contribution in [0.25, 0.3) is 0 Å². The highest BCUT2D eigenvalue weighted by Crippen LogP contribution is 2.21. The molecule has 0 spiro atoms. The second kappa shape index (κ2) is 7.30. The molecule has 5 nitrogen and oxygen atoms in total. The van der Waals surface area contributed by atoms with Gasteiger partial charge in [-0.05, 0) is 29.8 Å². The van der Waals surface area contributed by atoms with Crippen molar-refractivity contribution >= 4 is 23.3 Å². The number of ketones is 1. The average molecular weight is 339 g/mol. The maximum absolute atomic E-state index is 12.3. The maximum Gasteiger partial charge on any atom is 0.307 e.